The van der Waals surface area contributed by atoms with Crippen molar-refractivity contribution in [2.24, 2.45) is 0 Å². The maximum absolute atomic E-state index is 2.50. The molecule has 0 N–H and O–H groups in total. The van der Waals surface area contributed by atoms with Crippen molar-refractivity contribution in [3.63, 3.8) is 0 Å². The molecule has 0 amide bonds. The van der Waals surface area contributed by atoms with Crippen LogP contribution < -0.4 is 0 Å². The molecule has 11 aromatic carbocycles. The van der Waals surface area contributed by atoms with Gasteiger partial charge in [-0.05, 0) is 120 Å². The van der Waals surface area contributed by atoms with Gasteiger partial charge in [0.1, 0.15) is 5.65 Å². The molecule has 0 saturated heterocycles. The highest BCUT2D eigenvalue weighted by Crippen LogP contribution is 2.44. The van der Waals surface area contributed by atoms with Crippen molar-refractivity contribution in [2.75, 3.05) is 0 Å². The Balaban J connectivity index is 0.918. The van der Waals surface area contributed by atoms with E-state index in [1.807, 2.05) is 0 Å². The molecule has 73 heavy (non-hydrogen) atoms. The van der Waals surface area contributed by atoms with Crippen LogP contribution in [0, 0.1) is 0 Å². The molecule has 0 fully saturated rings. The SMILES string of the molecule is c1ccc(-c2c3ccc(-c4ccc5c(c4)c4ccccc4n5-c4ccccc4)cc3n3c4ccccc4n(-c4ccc5c(c4)c4ccccc4n5-c4ccc5c6ccccc6n(-c6ccccc6)c5c4)c23)cc1. The van der Waals surface area contributed by atoms with Crippen molar-refractivity contribution in [1.29, 1.82) is 0 Å². The van der Waals surface area contributed by atoms with E-state index in [1.54, 1.807) is 0 Å². The molecule has 16 rings (SSSR count). The Bertz CT molecular complexity index is 4890. The molecule has 5 aromatic heterocycles. The van der Waals surface area contributed by atoms with Crippen LogP contribution in [0.3, 0.4) is 0 Å². The fraction of sp³-hybridized carbons (Fsp3) is 0. The Kier molecular flexibility index (Phi) is 8.39. The van der Waals surface area contributed by atoms with Gasteiger partial charge in [0, 0.05) is 66.0 Å². The summed E-state index contributed by atoms with van der Waals surface area (Å²) in [4.78, 5) is 0. The molecule has 5 nitrogen and oxygen atoms in total. The van der Waals surface area contributed by atoms with Crippen LogP contribution in [-0.2, 0) is 0 Å². The van der Waals surface area contributed by atoms with Gasteiger partial charge in [0.2, 0.25) is 0 Å². The zero-order chi connectivity index (χ0) is 47.7. The summed E-state index contributed by atoms with van der Waals surface area (Å²) in [5.74, 6) is 0. The minimum absolute atomic E-state index is 1.11. The first kappa shape index (κ1) is 39.9. The van der Waals surface area contributed by atoms with Crippen molar-refractivity contribution in [2.45, 2.75) is 0 Å². The standard InChI is InChI=1S/C68H43N5/c1-4-18-44(19-5-1)67-55-36-32-46(45-33-38-61-56(40-45)52-25-11-14-28-59(52)69(61)47-20-6-2-7-21-47)41-65(55)73-64-31-17-16-30-63(64)72(68(67)73)49-35-39-62-57(42-49)53-26-12-15-29-60(53)71(62)50-34-37-54-51-24-10-13-27-58(51)70(66(54)43-50)48-22-8-3-9-23-48/h1-43H. The molecular weight excluding hydrogens is 887 g/mol. The normalized spacial score (nSPS) is 12.1. The third-order valence-corrected chi connectivity index (χ3v) is 15.4. The molecular formula is C68H43N5. The van der Waals surface area contributed by atoms with Gasteiger partial charge >= 0.3 is 0 Å². The first-order valence-electron chi connectivity index (χ1n) is 25.1. The summed E-state index contributed by atoms with van der Waals surface area (Å²) in [6.45, 7) is 0. The number of rotatable bonds is 6. The average molecular weight is 930 g/mol. The van der Waals surface area contributed by atoms with Crippen LogP contribution in [0.1, 0.15) is 0 Å². The number of nitrogens with zero attached hydrogens (tertiary/aromatic N) is 5. The molecule has 5 heterocycles. The van der Waals surface area contributed by atoms with E-state index in [-0.39, 0.29) is 0 Å². The second kappa shape index (κ2) is 15.3. The molecule has 0 saturated carbocycles. The minimum Gasteiger partial charge on any atom is -0.309 e. The molecule has 340 valence electrons. The van der Waals surface area contributed by atoms with Gasteiger partial charge in [-0.25, -0.2) is 0 Å². The summed E-state index contributed by atoms with van der Waals surface area (Å²) in [6.07, 6.45) is 0. The van der Waals surface area contributed by atoms with Crippen LogP contribution in [0.15, 0.2) is 261 Å². The van der Waals surface area contributed by atoms with E-state index in [0.29, 0.717) is 0 Å². The van der Waals surface area contributed by atoms with Gasteiger partial charge in [0.15, 0.2) is 0 Å². The van der Waals surface area contributed by atoms with E-state index in [2.05, 4.69) is 284 Å². The lowest BCUT2D eigenvalue weighted by molar-refractivity contribution is 1.14. The van der Waals surface area contributed by atoms with Crippen molar-refractivity contribution < 1.29 is 0 Å². The Hall–Kier alpha value is -9.84. The molecule has 0 aliphatic heterocycles. The number of aromatic nitrogens is 5. The van der Waals surface area contributed by atoms with Gasteiger partial charge in [-0.1, -0.05) is 158 Å². The van der Waals surface area contributed by atoms with Crippen LogP contribution in [0.5, 0.6) is 0 Å². The zero-order valence-electron chi connectivity index (χ0n) is 39.6. The van der Waals surface area contributed by atoms with Crippen molar-refractivity contribution in [3.8, 4) is 45.0 Å². The Morgan fingerprint density at radius 2 is 0.616 bits per heavy atom. The smallest absolute Gasteiger partial charge is 0.131 e. The average Bonchev–Trinajstić information content (AvgIpc) is 4.25. The van der Waals surface area contributed by atoms with Gasteiger partial charge in [-0.2, -0.15) is 0 Å². The molecule has 0 aliphatic rings. The second-order valence-corrected chi connectivity index (χ2v) is 19.3. The maximum Gasteiger partial charge on any atom is 0.131 e. The van der Waals surface area contributed by atoms with E-state index in [4.69, 9.17) is 0 Å². The van der Waals surface area contributed by atoms with E-state index in [0.717, 1.165) is 44.9 Å². The van der Waals surface area contributed by atoms with E-state index < -0.39 is 0 Å². The highest BCUT2D eigenvalue weighted by molar-refractivity contribution is 6.15. The zero-order valence-corrected chi connectivity index (χ0v) is 39.6. The number of hydrogen-bond acceptors (Lipinski definition) is 0. The fourth-order valence-corrected chi connectivity index (χ4v) is 12.4. The summed E-state index contributed by atoms with van der Waals surface area (Å²) < 4.78 is 12.2. The molecule has 0 atom stereocenters. The Labute approximate surface area is 419 Å². The lowest BCUT2D eigenvalue weighted by Crippen LogP contribution is -1.98. The van der Waals surface area contributed by atoms with Crippen molar-refractivity contribution in [3.05, 3.63) is 261 Å². The predicted octanol–water partition coefficient (Wildman–Crippen LogP) is 17.7. The number of para-hydroxylation sites is 7. The Morgan fingerprint density at radius 3 is 1.27 bits per heavy atom. The van der Waals surface area contributed by atoms with Crippen LogP contribution in [0.2, 0.25) is 0 Å². The molecule has 0 bridgehead atoms. The predicted molar refractivity (Wildman–Crippen MR) is 306 cm³/mol. The monoisotopic (exact) mass is 929 g/mol. The van der Waals surface area contributed by atoms with Crippen LogP contribution >= 0.6 is 0 Å². The molecule has 0 spiro atoms. The minimum atomic E-state index is 1.11. The molecule has 0 radical (unpaired) electrons. The Morgan fingerprint density at radius 1 is 0.192 bits per heavy atom. The van der Waals surface area contributed by atoms with Gasteiger partial charge < -0.3 is 13.7 Å². The van der Waals surface area contributed by atoms with Gasteiger partial charge in [0.25, 0.3) is 0 Å². The second-order valence-electron chi connectivity index (χ2n) is 19.3. The molecule has 5 heteroatoms. The fourth-order valence-electron chi connectivity index (χ4n) is 12.4. The van der Waals surface area contributed by atoms with E-state index in [9.17, 15) is 0 Å². The van der Waals surface area contributed by atoms with Crippen molar-refractivity contribution in [1.82, 2.24) is 22.7 Å². The first-order chi connectivity index (χ1) is 36.2. The summed E-state index contributed by atoms with van der Waals surface area (Å²) in [5, 5.41) is 8.61. The molecule has 0 unspecified atom stereocenters. The van der Waals surface area contributed by atoms with Crippen LogP contribution in [-0.4, -0.2) is 22.7 Å². The summed E-state index contributed by atoms with van der Waals surface area (Å²) in [6, 6.07) is 95.7. The first-order valence-corrected chi connectivity index (χ1v) is 25.1. The summed E-state index contributed by atoms with van der Waals surface area (Å²) in [7, 11) is 0. The lowest BCUT2D eigenvalue weighted by atomic mass is 9.99. The third-order valence-electron chi connectivity index (χ3n) is 15.4. The number of imidazole rings is 1. The highest BCUT2D eigenvalue weighted by atomic mass is 15.1. The van der Waals surface area contributed by atoms with E-state index >= 15 is 0 Å². The number of benzene rings is 11. The summed E-state index contributed by atoms with van der Waals surface area (Å²) >= 11 is 0. The van der Waals surface area contributed by atoms with Crippen LogP contribution in [0.25, 0.3) is 138 Å². The van der Waals surface area contributed by atoms with Gasteiger partial charge in [-0.15, -0.1) is 0 Å². The maximum atomic E-state index is 2.50. The highest BCUT2D eigenvalue weighted by Gasteiger charge is 2.25. The van der Waals surface area contributed by atoms with Gasteiger partial charge in [0.05, 0.1) is 49.7 Å². The molecule has 16 aromatic rings. The van der Waals surface area contributed by atoms with E-state index in [1.165, 1.54) is 93.1 Å². The lowest BCUT2D eigenvalue weighted by Gasteiger charge is -2.12. The van der Waals surface area contributed by atoms with Crippen LogP contribution in [0.4, 0.5) is 0 Å². The van der Waals surface area contributed by atoms with Gasteiger partial charge in [-0.3, -0.25) is 8.97 Å². The number of hydrogen-bond donors (Lipinski definition) is 0. The quantitative estimate of drug-likeness (QED) is 0.159. The number of fused-ring (bicyclic) bond motifs is 14. The third kappa shape index (κ3) is 5.73. The summed E-state index contributed by atoms with van der Waals surface area (Å²) in [5.41, 5.74) is 21.1. The largest absolute Gasteiger partial charge is 0.309 e. The topological polar surface area (TPSA) is 24.1 Å². The molecule has 0 aliphatic carbocycles. The van der Waals surface area contributed by atoms with Crippen molar-refractivity contribution >= 4 is 93.0 Å².